The molecular formula is C26H25ClN6O3. The lowest BCUT2D eigenvalue weighted by Crippen LogP contribution is -2.52. The largest absolute Gasteiger partial charge is 0.379 e. The third kappa shape index (κ3) is 3.94. The Labute approximate surface area is 211 Å². The lowest BCUT2D eigenvalue weighted by atomic mass is 9.78. The van der Waals surface area contributed by atoms with Crippen LogP contribution >= 0.6 is 11.6 Å². The van der Waals surface area contributed by atoms with E-state index in [1.54, 1.807) is 12.4 Å². The van der Waals surface area contributed by atoms with Crippen LogP contribution in [0.5, 0.6) is 0 Å². The van der Waals surface area contributed by atoms with Crippen LogP contribution in [0.1, 0.15) is 29.4 Å². The van der Waals surface area contributed by atoms with Crippen LogP contribution in [0.3, 0.4) is 0 Å². The summed E-state index contributed by atoms with van der Waals surface area (Å²) in [5.41, 5.74) is 2.97. The Bertz CT molecular complexity index is 1460. The van der Waals surface area contributed by atoms with Gasteiger partial charge >= 0.3 is 0 Å². The minimum absolute atomic E-state index is 0.147. The monoisotopic (exact) mass is 504 g/mol. The average Bonchev–Trinajstić information content (AvgIpc) is 3.50. The summed E-state index contributed by atoms with van der Waals surface area (Å²) in [7, 11) is 0. The molecule has 0 saturated carbocycles. The molecule has 0 bridgehead atoms. The minimum atomic E-state index is -0.644. The first-order valence-corrected chi connectivity index (χ1v) is 12.3. The van der Waals surface area contributed by atoms with Crippen LogP contribution < -0.4 is 16.2 Å². The fourth-order valence-corrected chi connectivity index (χ4v) is 5.33. The number of benzene rings is 1. The van der Waals surface area contributed by atoms with Crippen LogP contribution in [-0.2, 0) is 27.9 Å². The van der Waals surface area contributed by atoms with E-state index in [-0.39, 0.29) is 27.9 Å². The van der Waals surface area contributed by atoms with Gasteiger partial charge in [-0.15, -0.1) is 0 Å². The van der Waals surface area contributed by atoms with Crippen molar-refractivity contribution in [3.63, 3.8) is 0 Å². The van der Waals surface area contributed by atoms with Crippen molar-refractivity contribution in [1.82, 2.24) is 24.8 Å². The van der Waals surface area contributed by atoms with Crippen LogP contribution in [0.25, 0.3) is 10.9 Å². The van der Waals surface area contributed by atoms with Crippen molar-refractivity contribution in [1.29, 1.82) is 0 Å². The molecule has 2 aliphatic heterocycles. The summed E-state index contributed by atoms with van der Waals surface area (Å²) in [5.74, 6) is -0.0808. The number of rotatable bonds is 7. The van der Waals surface area contributed by atoms with E-state index in [0.29, 0.717) is 44.8 Å². The van der Waals surface area contributed by atoms with E-state index >= 15 is 0 Å². The van der Waals surface area contributed by atoms with E-state index in [4.69, 9.17) is 16.3 Å². The van der Waals surface area contributed by atoms with Gasteiger partial charge in [0.05, 0.1) is 30.9 Å². The first-order chi connectivity index (χ1) is 17.5. The molecule has 9 nitrogen and oxygen atoms in total. The number of carbonyl (C=O) groups is 1. The number of ether oxygens (including phenoxy) is 1. The molecule has 184 valence electrons. The third-order valence-electron chi connectivity index (χ3n) is 7.10. The number of fused-ring (bicyclic) bond motifs is 2. The standard InChI is InChI=1S/C26H25ClN6O3/c27-22-20-6-7-21(24(34)29-12-18-10-16-11-28-9-8-19(16)31-18)33(20)25(35)23(32-22)30-13-26(14-36-15-26)17-4-2-1-3-5-17/h1-5,8-11,21,31H,6-7,12-15H2,(H,29,34)(H,30,32)/t21-/m0/s1. The van der Waals surface area contributed by atoms with Gasteiger partial charge in [0, 0.05) is 35.5 Å². The van der Waals surface area contributed by atoms with Gasteiger partial charge in [-0.2, -0.15) is 0 Å². The number of hydrogen-bond donors (Lipinski definition) is 3. The highest BCUT2D eigenvalue weighted by Gasteiger charge is 2.41. The topological polar surface area (TPSA) is 114 Å². The predicted molar refractivity (Wildman–Crippen MR) is 136 cm³/mol. The molecule has 1 atom stereocenters. The van der Waals surface area contributed by atoms with Crippen molar-refractivity contribution >= 4 is 34.2 Å². The number of carbonyl (C=O) groups excluding carboxylic acids is 1. The Kier molecular flexibility index (Phi) is 5.73. The molecule has 0 unspecified atom stereocenters. The molecule has 0 spiro atoms. The van der Waals surface area contributed by atoms with Crippen molar-refractivity contribution in [3.05, 3.63) is 87.3 Å². The van der Waals surface area contributed by atoms with Crippen LogP contribution in [0, 0.1) is 0 Å². The van der Waals surface area contributed by atoms with Gasteiger partial charge in [-0.1, -0.05) is 41.9 Å². The highest BCUT2D eigenvalue weighted by Crippen LogP contribution is 2.33. The molecule has 1 fully saturated rings. The fourth-order valence-electron chi connectivity index (χ4n) is 5.06. The highest BCUT2D eigenvalue weighted by atomic mass is 35.5. The van der Waals surface area contributed by atoms with Gasteiger partial charge in [0.2, 0.25) is 5.91 Å². The number of H-pyrrole nitrogens is 1. The van der Waals surface area contributed by atoms with Crippen molar-refractivity contribution in [2.75, 3.05) is 25.1 Å². The summed E-state index contributed by atoms with van der Waals surface area (Å²) in [5, 5.41) is 7.38. The van der Waals surface area contributed by atoms with Crippen molar-refractivity contribution < 1.29 is 9.53 Å². The molecule has 36 heavy (non-hydrogen) atoms. The fraction of sp³-hybridized carbons (Fsp3) is 0.308. The van der Waals surface area contributed by atoms with E-state index < -0.39 is 6.04 Å². The molecule has 1 aromatic carbocycles. The Hall–Kier alpha value is -3.69. The van der Waals surface area contributed by atoms with Crippen LogP contribution in [0.15, 0.2) is 59.7 Å². The van der Waals surface area contributed by atoms with E-state index in [0.717, 1.165) is 22.2 Å². The summed E-state index contributed by atoms with van der Waals surface area (Å²) in [6, 6.07) is 13.3. The summed E-state index contributed by atoms with van der Waals surface area (Å²) >= 11 is 6.47. The normalized spacial score (nSPS) is 18.0. The molecule has 10 heteroatoms. The van der Waals surface area contributed by atoms with Crippen LogP contribution in [0.2, 0.25) is 5.15 Å². The zero-order valence-corrected chi connectivity index (χ0v) is 20.2. The number of nitrogens with one attached hydrogen (secondary N) is 3. The number of halogens is 1. The van der Waals surface area contributed by atoms with Gasteiger partial charge in [0.25, 0.3) is 5.56 Å². The van der Waals surface area contributed by atoms with Crippen molar-refractivity contribution in [3.8, 4) is 0 Å². The third-order valence-corrected chi connectivity index (χ3v) is 7.40. The minimum Gasteiger partial charge on any atom is -0.379 e. The van der Waals surface area contributed by atoms with Gasteiger partial charge in [-0.3, -0.25) is 19.1 Å². The Balaban J connectivity index is 1.20. The first kappa shape index (κ1) is 22.8. The molecule has 0 radical (unpaired) electrons. The van der Waals surface area contributed by atoms with E-state index in [9.17, 15) is 9.59 Å². The summed E-state index contributed by atoms with van der Waals surface area (Å²) in [6.45, 7) is 1.90. The number of aromatic nitrogens is 4. The molecular weight excluding hydrogens is 480 g/mol. The number of aromatic amines is 1. The van der Waals surface area contributed by atoms with Crippen molar-refractivity contribution in [2.24, 2.45) is 0 Å². The smallest absolute Gasteiger partial charge is 0.294 e. The van der Waals surface area contributed by atoms with Gasteiger partial charge in [0.1, 0.15) is 6.04 Å². The van der Waals surface area contributed by atoms with Gasteiger partial charge in [-0.25, -0.2) is 4.98 Å². The Morgan fingerprint density at radius 2 is 2.08 bits per heavy atom. The molecule has 2 aliphatic rings. The second-order valence-corrected chi connectivity index (χ2v) is 9.75. The second kappa shape index (κ2) is 9.07. The maximum Gasteiger partial charge on any atom is 0.294 e. The molecule has 0 aliphatic carbocycles. The van der Waals surface area contributed by atoms with Crippen LogP contribution in [0.4, 0.5) is 5.82 Å². The van der Waals surface area contributed by atoms with E-state index in [1.165, 1.54) is 4.57 Å². The summed E-state index contributed by atoms with van der Waals surface area (Å²) < 4.78 is 7.01. The molecule has 6 rings (SSSR count). The molecule has 4 aromatic rings. The molecule has 1 saturated heterocycles. The number of hydrogen-bond acceptors (Lipinski definition) is 6. The molecule has 3 aromatic heterocycles. The first-order valence-electron chi connectivity index (χ1n) is 11.9. The average molecular weight is 505 g/mol. The zero-order valence-electron chi connectivity index (χ0n) is 19.5. The van der Waals surface area contributed by atoms with Gasteiger partial charge in [-0.05, 0) is 30.5 Å². The lowest BCUT2D eigenvalue weighted by Gasteiger charge is -2.42. The SMILES string of the molecule is O=C(NCc1cc2cnccc2[nH]1)[C@@H]1CCc2c(Cl)nc(NCC3(c4ccccc4)COC3)c(=O)n21. The zero-order chi connectivity index (χ0) is 24.7. The molecule has 5 heterocycles. The maximum atomic E-state index is 13.4. The van der Waals surface area contributed by atoms with Crippen LogP contribution in [-0.4, -0.2) is 45.2 Å². The number of nitrogens with zero attached hydrogens (tertiary/aromatic N) is 3. The predicted octanol–water partition coefficient (Wildman–Crippen LogP) is 2.96. The number of amides is 1. The van der Waals surface area contributed by atoms with Gasteiger partial charge in [0.15, 0.2) is 11.0 Å². The summed E-state index contributed by atoms with van der Waals surface area (Å²) in [6.07, 6.45) is 4.49. The number of pyridine rings is 1. The molecule has 3 N–H and O–H groups in total. The maximum absolute atomic E-state index is 13.4. The molecule has 1 amide bonds. The highest BCUT2D eigenvalue weighted by molar-refractivity contribution is 6.30. The van der Waals surface area contributed by atoms with Gasteiger partial charge < -0.3 is 20.4 Å². The Morgan fingerprint density at radius 1 is 1.25 bits per heavy atom. The number of anilines is 1. The quantitative estimate of drug-likeness (QED) is 0.356. The van der Waals surface area contributed by atoms with E-state index in [1.807, 2.05) is 30.3 Å². The summed E-state index contributed by atoms with van der Waals surface area (Å²) in [4.78, 5) is 38.3. The Morgan fingerprint density at radius 3 is 2.83 bits per heavy atom. The van der Waals surface area contributed by atoms with E-state index in [2.05, 4.69) is 37.7 Å². The lowest BCUT2D eigenvalue weighted by molar-refractivity contribution is -0.124. The second-order valence-electron chi connectivity index (χ2n) is 9.40. The van der Waals surface area contributed by atoms with Crippen molar-refractivity contribution in [2.45, 2.75) is 30.8 Å².